The fourth-order valence-electron chi connectivity index (χ4n) is 3.69. The molecule has 2 aromatic rings. The molecule has 0 fully saturated rings. The van der Waals surface area contributed by atoms with Crippen molar-refractivity contribution in [3.05, 3.63) is 51.5 Å². The smallest absolute Gasteiger partial charge is 0.303 e. The van der Waals surface area contributed by atoms with Crippen molar-refractivity contribution in [1.29, 1.82) is 0 Å². The minimum atomic E-state index is -0.961. The van der Waals surface area contributed by atoms with Gasteiger partial charge >= 0.3 is 5.97 Å². The van der Waals surface area contributed by atoms with Crippen LogP contribution in [0.25, 0.3) is 0 Å². The van der Waals surface area contributed by atoms with Gasteiger partial charge < -0.3 is 24.8 Å². The molecule has 0 amide bonds. The number of benzene rings is 2. The largest absolute Gasteiger partial charge is 0.507 e. The minimum absolute atomic E-state index is 0. The van der Waals surface area contributed by atoms with Gasteiger partial charge in [-0.2, -0.15) is 0 Å². The average Bonchev–Trinajstić information content (AvgIpc) is 2.75. The quantitative estimate of drug-likeness (QED) is 0.173. The van der Waals surface area contributed by atoms with Crippen LogP contribution in [0.4, 0.5) is 0 Å². The standard InChI is InChI=1S/C26H33BrO7.Na/c1-5-7-19-21(11-9-18(16(2)28)24(19)31)33-12-6-13-34-22-10-8-17(14-20(22)27)25(32)26(3,4)15-23(29)30;/h8-11,14,25,31-32H,5-7,12-13,15H2,1-4H3,(H,29,30);. The topological polar surface area (TPSA) is 113 Å². The molecule has 0 bridgehead atoms. The molecule has 1 atom stereocenters. The number of aliphatic carboxylic acids is 1. The molecule has 0 aliphatic carbocycles. The number of ketones is 1. The van der Waals surface area contributed by atoms with E-state index in [1.165, 1.54) is 6.92 Å². The van der Waals surface area contributed by atoms with Crippen molar-refractivity contribution in [2.75, 3.05) is 13.2 Å². The molecule has 9 heteroatoms. The number of phenolic OH excluding ortho intramolecular Hbond substituents is 1. The first-order valence-electron chi connectivity index (χ1n) is 11.3. The summed E-state index contributed by atoms with van der Waals surface area (Å²) in [7, 11) is 0. The fourth-order valence-corrected chi connectivity index (χ4v) is 4.20. The van der Waals surface area contributed by atoms with Crippen LogP contribution in [0.5, 0.6) is 17.2 Å². The van der Waals surface area contributed by atoms with E-state index < -0.39 is 17.5 Å². The maximum Gasteiger partial charge on any atom is 0.303 e. The zero-order chi connectivity index (χ0) is 25.5. The number of aliphatic hydroxyl groups excluding tert-OH is 1. The first-order chi connectivity index (χ1) is 16.0. The van der Waals surface area contributed by atoms with Gasteiger partial charge in [-0.1, -0.05) is 33.3 Å². The molecule has 0 aliphatic heterocycles. The van der Waals surface area contributed by atoms with Gasteiger partial charge in [0.15, 0.2) is 5.78 Å². The number of hydrogen-bond acceptors (Lipinski definition) is 6. The molecule has 0 aliphatic rings. The molecule has 3 N–H and O–H groups in total. The summed E-state index contributed by atoms with van der Waals surface area (Å²) in [5.41, 5.74) is 0.715. The molecule has 1 radical (unpaired) electrons. The predicted molar refractivity (Wildman–Crippen MR) is 139 cm³/mol. The Hall–Kier alpha value is -1.58. The molecule has 7 nitrogen and oxygen atoms in total. The molecule has 0 spiro atoms. The van der Waals surface area contributed by atoms with Gasteiger partial charge in [0.05, 0.1) is 35.8 Å². The van der Waals surface area contributed by atoms with E-state index in [1.807, 2.05) is 6.92 Å². The monoisotopic (exact) mass is 559 g/mol. The summed E-state index contributed by atoms with van der Waals surface area (Å²) in [6.07, 6.45) is 0.904. The van der Waals surface area contributed by atoms with Crippen molar-refractivity contribution in [3.63, 3.8) is 0 Å². The van der Waals surface area contributed by atoms with Crippen LogP contribution in [-0.2, 0) is 11.2 Å². The van der Waals surface area contributed by atoms with Crippen LogP contribution in [0.15, 0.2) is 34.8 Å². The fraction of sp³-hybridized carbons (Fsp3) is 0.462. The number of carbonyl (C=O) groups excluding carboxylic acids is 1. The van der Waals surface area contributed by atoms with Crippen LogP contribution >= 0.6 is 15.9 Å². The first-order valence-corrected chi connectivity index (χ1v) is 12.1. The summed E-state index contributed by atoms with van der Waals surface area (Å²) < 4.78 is 12.3. The van der Waals surface area contributed by atoms with Crippen molar-refractivity contribution in [1.82, 2.24) is 0 Å². The zero-order valence-corrected chi connectivity index (χ0v) is 24.6. The molecule has 2 rings (SSSR count). The van der Waals surface area contributed by atoms with Crippen molar-refractivity contribution in [2.24, 2.45) is 5.41 Å². The van der Waals surface area contributed by atoms with E-state index in [9.17, 15) is 19.8 Å². The van der Waals surface area contributed by atoms with Gasteiger partial charge in [0.1, 0.15) is 17.2 Å². The maximum atomic E-state index is 11.7. The van der Waals surface area contributed by atoms with Crippen LogP contribution in [-0.4, -0.2) is 69.8 Å². The van der Waals surface area contributed by atoms with Crippen molar-refractivity contribution < 1.29 is 34.4 Å². The molecule has 2 aromatic carbocycles. The number of phenols is 1. The number of ether oxygens (including phenoxy) is 2. The number of hydrogen-bond donors (Lipinski definition) is 3. The second-order valence-electron chi connectivity index (χ2n) is 8.95. The zero-order valence-electron chi connectivity index (χ0n) is 21.1. The van der Waals surface area contributed by atoms with Crippen LogP contribution < -0.4 is 9.47 Å². The Labute approximate surface area is 237 Å². The van der Waals surface area contributed by atoms with Gasteiger partial charge in [0.2, 0.25) is 0 Å². The third-order valence-corrected chi connectivity index (χ3v) is 6.16. The summed E-state index contributed by atoms with van der Waals surface area (Å²) in [5, 5.41) is 30.1. The molecular weight excluding hydrogens is 527 g/mol. The number of Topliss-reactive ketones (excluding diaryl/α,β-unsaturated/α-hetero) is 1. The normalized spacial score (nSPS) is 11.9. The van der Waals surface area contributed by atoms with E-state index in [-0.39, 0.29) is 47.5 Å². The van der Waals surface area contributed by atoms with Crippen LogP contribution in [0.3, 0.4) is 0 Å². The minimum Gasteiger partial charge on any atom is -0.507 e. The summed E-state index contributed by atoms with van der Waals surface area (Å²) in [6.45, 7) is 7.59. The molecule has 0 aromatic heterocycles. The first kappa shape index (κ1) is 31.4. The van der Waals surface area contributed by atoms with Crippen molar-refractivity contribution in [3.8, 4) is 17.2 Å². The van der Waals surface area contributed by atoms with E-state index in [0.29, 0.717) is 58.7 Å². The number of halogens is 1. The van der Waals surface area contributed by atoms with E-state index >= 15 is 0 Å². The second-order valence-corrected chi connectivity index (χ2v) is 9.80. The molecule has 187 valence electrons. The Balaban J connectivity index is 0.00000612. The van der Waals surface area contributed by atoms with E-state index in [1.54, 1.807) is 44.2 Å². The number of aromatic hydroxyl groups is 1. The Morgan fingerprint density at radius 2 is 1.69 bits per heavy atom. The predicted octanol–water partition coefficient (Wildman–Crippen LogP) is 5.31. The van der Waals surface area contributed by atoms with Gasteiger partial charge in [-0.05, 0) is 59.1 Å². The van der Waals surface area contributed by atoms with Crippen LogP contribution in [0, 0.1) is 5.41 Å². The average molecular weight is 560 g/mol. The van der Waals surface area contributed by atoms with Crippen molar-refractivity contribution in [2.45, 2.75) is 59.5 Å². The molecule has 1 unspecified atom stereocenters. The number of carbonyl (C=O) groups is 2. The summed E-state index contributed by atoms with van der Waals surface area (Å²) in [4.78, 5) is 22.8. The summed E-state index contributed by atoms with van der Waals surface area (Å²) in [5.74, 6) is -0.00252. The summed E-state index contributed by atoms with van der Waals surface area (Å²) in [6, 6.07) is 8.48. The number of carboxylic acid groups (broad SMARTS) is 1. The van der Waals surface area contributed by atoms with E-state index in [0.717, 1.165) is 6.42 Å². The molecular formula is C26H33BrNaO7. The summed E-state index contributed by atoms with van der Waals surface area (Å²) >= 11 is 3.45. The second kappa shape index (κ2) is 14.2. The Morgan fingerprint density at radius 1 is 1.09 bits per heavy atom. The number of aliphatic hydroxyl groups is 1. The Bertz CT molecular complexity index is 1020. The van der Waals surface area contributed by atoms with Gasteiger partial charge in [-0.15, -0.1) is 0 Å². The van der Waals surface area contributed by atoms with Crippen molar-refractivity contribution >= 4 is 57.2 Å². The number of carboxylic acids is 1. The van der Waals surface area contributed by atoms with Crippen LogP contribution in [0.2, 0.25) is 0 Å². The molecule has 0 saturated carbocycles. The number of rotatable bonds is 13. The van der Waals surface area contributed by atoms with E-state index in [4.69, 9.17) is 14.6 Å². The Morgan fingerprint density at radius 3 is 2.23 bits per heavy atom. The molecule has 35 heavy (non-hydrogen) atoms. The SMILES string of the molecule is CCCc1c(OCCCOc2ccc(C(O)C(C)(C)CC(=O)O)cc2Br)ccc(C(C)=O)c1O.[Na]. The van der Waals surface area contributed by atoms with Gasteiger partial charge in [-0.3, -0.25) is 9.59 Å². The molecule has 0 saturated heterocycles. The van der Waals surface area contributed by atoms with E-state index in [2.05, 4.69) is 15.9 Å². The van der Waals surface area contributed by atoms with Gasteiger partial charge in [0, 0.05) is 47.0 Å². The molecule has 0 heterocycles. The van der Waals surface area contributed by atoms with Gasteiger partial charge in [0.25, 0.3) is 0 Å². The van der Waals surface area contributed by atoms with Crippen LogP contribution in [0.1, 0.15) is 74.5 Å². The third kappa shape index (κ3) is 8.79. The maximum absolute atomic E-state index is 11.7. The third-order valence-electron chi connectivity index (χ3n) is 5.54. The Kier molecular flexibility index (Phi) is 12.8. The van der Waals surface area contributed by atoms with Gasteiger partial charge in [-0.25, -0.2) is 0 Å².